The number of hydrogen-bond acceptors (Lipinski definition) is 4. The Labute approximate surface area is 166 Å². The summed E-state index contributed by atoms with van der Waals surface area (Å²) in [6, 6.07) is 10.1. The van der Waals surface area contributed by atoms with Crippen molar-refractivity contribution in [3.05, 3.63) is 56.7 Å². The number of thiophene rings is 1. The number of benzene rings is 1. The molecule has 2 aromatic rings. The quantitative estimate of drug-likeness (QED) is 0.759. The fourth-order valence-corrected chi connectivity index (χ4v) is 5.69. The van der Waals surface area contributed by atoms with Gasteiger partial charge >= 0.3 is 6.09 Å². The average molecular weight is 403 g/mol. The number of carbonyl (C=O) groups excluding carboxylic acids is 2. The van der Waals surface area contributed by atoms with E-state index in [1.165, 1.54) is 22.5 Å². The summed E-state index contributed by atoms with van der Waals surface area (Å²) in [5.41, 5.74) is 2.47. The van der Waals surface area contributed by atoms with Crippen molar-refractivity contribution in [2.24, 2.45) is 0 Å². The van der Waals surface area contributed by atoms with Crippen molar-refractivity contribution in [1.29, 1.82) is 0 Å². The number of rotatable bonds is 2. The van der Waals surface area contributed by atoms with Crippen LogP contribution in [0.2, 0.25) is 5.02 Å². The van der Waals surface area contributed by atoms with Crippen LogP contribution in [0.5, 0.6) is 0 Å². The van der Waals surface area contributed by atoms with Crippen molar-refractivity contribution in [2.75, 3.05) is 13.1 Å². The highest BCUT2D eigenvalue weighted by molar-refractivity contribution is 7.12. The van der Waals surface area contributed by atoms with E-state index in [4.69, 9.17) is 16.3 Å². The maximum atomic E-state index is 12.7. The van der Waals surface area contributed by atoms with Gasteiger partial charge in [0.05, 0.1) is 11.1 Å². The predicted molar refractivity (Wildman–Crippen MR) is 103 cm³/mol. The second-order valence-corrected chi connectivity index (χ2v) is 8.62. The normalized spacial score (nSPS) is 24.7. The van der Waals surface area contributed by atoms with Crippen LogP contribution < -0.4 is 0 Å². The molecule has 0 radical (unpaired) electrons. The number of amides is 2. The molecular weight excluding hydrogens is 384 g/mol. The van der Waals surface area contributed by atoms with E-state index in [1.54, 1.807) is 6.07 Å². The van der Waals surface area contributed by atoms with Gasteiger partial charge in [0.1, 0.15) is 11.0 Å². The van der Waals surface area contributed by atoms with Crippen LogP contribution >= 0.6 is 22.9 Å². The zero-order valence-electron chi connectivity index (χ0n) is 14.6. The van der Waals surface area contributed by atoms with E-state index in [-0.39, 0.29) is 30.2 Å². The highest BCUT2D eigenvalue weighted by Crippen LogP contribution is 2.44. The van der Waals surface area contributed by atoms with Gasteiger partial charge in [-0.05, 0) is 35.4 Å². The lowest BCUT2D eigenvalue weighted by molar-refractivity contribution is 0.0640. The average Bonchev–Trinajstić information content (AvgIpc) is 3.34. The minimum absolute atomic E-state index is 0.00712. The van der Waals surface area contributed by atoms with Gasteiger partial charge in [0.25, 0.3) is 5.91 Å². The molecule has 7 heteroatoms. The van der Waals surface area contributed by atoms with Crippen molar-refractivity contribution in [3.8, 4) is 0 Å². The van der Waals surface area contributed by atoms with Crippen LogP contribution in [0.25, 0.3) is 0 Å². The Morgan fingerprint density at radius 2 is 1.96 bits per heavy atom. The first-order valence-corrected chi connectivity index (χ1v) is 10.5. The number of carbonyl (C=O) groups is 2. The summed E-state index contributed by atoms with van der Waals surface area (Å²) in [7, 11) is 0. The molecule has 2 atom stereocenters. The van der Waals surface area contributed by atoms with Gasteiger partial charge in [0, 0.05) is 25.6 Å². The maximum absolute atomic E-state index is 12.7. The number of likely N-dealkylation sites (tertiary alicyclic amines) is 1. The fraction of sp³-hybridized carbons (Fsp3) is 0.400. The predicted octanol–water partition coefficient (Wildman–Crippen LogP) is 4.12. The summed E-state index contributed by atoms with van der Waals surface area (Å²) in [4.78, 5) is 29.6. The van der Waals surface area contributed by atoms with Crippen molar-refractivity contribution in [1.82, 2.24) is 9.80 Å². The van der Waals surface area contributed by atoms with Crippen LogP contribution in [0.15, 0.2) is 35.7 Å². The number of fused-ring (bicyclic) bond motifs is 3. The molecule has 5 nitrogen and oxygen atoms in total. The SMILES string of the molecule is O=C(c1sccc1Cl)N1CCC(N2C(=O)OC3Cc4ccccc4C32)CC1. The van der Waals surface area contributed by atoms with E-state index >= 15 is 0 Å². The monoisotopic (exact) mass is 402 g/mol. The molecule has 3 aliphatic rings. The van der Waals surface area contributed by atoms with E-state index in [9.17, 15) is 9.59 Å². The van der Waals surface area contributed by atoms with Crippen LogP contribution in [0.1, 0.15) is 39.7 Å². The molecule has 27 heavy (non-hydrogen) atoms. The van der Waals surface area contributed by atoms with Crippen LogP contribution in [0.4, 0.5) is 4.79 Å². The zero-order chi connectivity index (χ0) is 18.5. The summed E-state index contributed by atoms with van der Waals surface area (Å²) >= 11 is 7.48. The summed E-state index contributed by atoms with van der Waals surface area (Å²) in [6.45, 7) is 1.25. The third-order valence-corrected chi connectivity index (χ3v) is 7.20. The lowest BCUT2D eigenvalue weighted by Crippen LogP contribution is -2.47. The minimum atomic E-state index is -0.217. The third-order valence-electron chi connectivity index (χ3n) is 5.87. The molecule has 2 saturated heterocycles. The molecule has 0 bridgehead atoms. The second kappa shape index (κ2) is 6.53. The van der Waals surface area contributed by atoms with Crippen molar-refractivity contribution < 1.29 is 14.3 Å². The largest absolute Gasteiger partial charge is 0.443 e. The van der Waals surface area contributed by atoms with E-state index in [2.05, 4.69) is 12.1 Å². The van der Waals surface area contributed by atoms with Gasteiger partial charge in [-0.25, -0.2) is 4.79 Å². The van der Waals surface area contributed by atoms with Crippen LogP contribution in [0.3, 0.4) is 0 Å². The summed E-state index contributed by atoms with van der Waals surface area (Å²) in [5.74, 6) is -0.0125. The number of piperidine rings is 1. The molecule has 2 amide bonds. The Hall–Kier alpha value is -2.05. The van der Waals surface area contributed by atoms with Gasteiger partial charge < -0.3 is 9.64 Å². The Balaban J connectivity index is 1.32. The van der Waals surface area contributed by atoms with Crippen molar-refractivity contribution in [2.45, 2.75) is 37.5 Å². The Kier molecular flexibility index (Phi) is 4.13. The first kappa shape index (κ1) is 17.1. The Morgan fingerprint density at radius 3 is 2.70 bits per heavy atom. The number of hydrogen-bond donors (Lipinski definition) is 0. The minimum Gasteiger partial charge on any atom is -0.443 e. The number of ether oxygens (including phenoxy) is 1. The van der Waals surface area contributed by atoms with Crippen molar-refractivity contribution >= 4 is 34.9 Å². The van der Waals surface area contributed by atoms with Gasteiger partial charge in [-0.2, -0.15) is 0 Å². The van der Waals surface area contributed by atoms with Crippen LogP contribution in [0, 0.1) is 0 Å². The van der Waals surface area contributed by atoms with E-state index in [0.717, 1.165) is 19.3 Å². The fourth-order valence-electron chi connectivity index (χ4n) is 4.59. The topological polar surface area (TPSA) is 49.9 Å². The zero-order valence-corrected chi connectivity index (χ0v) is 16.2. The molecule has 0 saturated carbocycles. The third kappa shape index (κ3) is 2.74. The van der Waals surface area contributed by atoms with E-state index in [0.29, 0.717) is 23.0 Å². The molecule has 2 unspecified atom stereocenters. The molecule has 1 aliphatic carbocycles. The first-order chi connectivity index (χ1) is 13.1. The summed E-state index contributed by atoms with van der Waals surface area (Å²) < 4.78 is 5.67. The Morgan fingerprint density at radius 1 is 1.19 bits per heavy atom. The summed E-state index contributed by atoms with van der Waals surface area (Å²) in [5, 5.41) is 2.35. The molecule has 140 valence electrons. The van der Waals surface area contributed by atoms with Crippen LogP contribution in [-0.2, 0) is 11.2 Å². The maximum Gasteiger partial charge on any atom is 0.411 e. The molecule has 0 spiro atoms. The number of halogens is 1. The van der Waals surface area contributed by atoms with Gasteiger partial charge in [0.15, 0.2) is 0 Å². The highest BCUT2D eigenvalue weighted by atomic mass is 35.5. The summed E-state index contributed by atoms with van der Waals surface area (Å²) in [6.07, 6.45) is 2.01. The standard InChI is InChI=1S/C20H19ClN2O3S/c21-15-7-10-27-18(15)19(24)22-8-5-13(6-9-22)23-17-14-4-2-1-3-12(14)11-16(17)26-20(23)25/h1-4,7,10,13,16-17H,5-6,8-9,11H2. The van der Waals surface area contributed by atoms with Gasteiger partial charge in [-0.1, -0.05) is 35.9 Å². The molecule has 1 aromatic heterocycles. The molecule has 2 fully saturated rings. The molecule has 0 N–H and O–H groups in total. The molecular formula is C20H19ClN2O3S. The molecule has 5 rings (SSSR count). The van der Waals surface area contributed by atoms with E-state index < -0.39 is 0 Å². The second-order valence-electron chi connectivity index (χ2n) is 7.30. The first-order valence-electron chi connectivity index (χ1n) is 9.22. The van der Waals surface area contributed by atoms with Gasteiger partial charge in [-0.15, -0.1) is 11.3 Å². The van der Waals surface area contributed by atoms with Gasteiger partial charge in [-0.3, -0.25) is 9.69 Å². The van der Waals surface area contributed by atoms with E-state index in [1.807, 2.05) is 27.3 Å². The Bertz CT molecular complexity index is 906. The van der Waals surface area contributed by atoms with Crippen LogP contribution in [-0.4, -0.2) is 47.0 Å². The number of nitrogens with zero attached hydrogens (tertiary/aromatic N) is 2. The molecule has 1 aromatic carbocycles. The molecule has 3 heterocycles. The smallest absolute Gasteiger partial charge is 0.411 e. The lowest BCUT2D eigenvalue weighted by Gasteiger charge is -2.37. The lowest BCUT2D eigenvalue weighted by atomic mass is 9.99. The van der Waals surface area contributed by atoms with Crippen molar-refractivity contribution in [3.63, 3.8) is 0 Å². The van der Waals surface area contributed by atoms with Gasteiger partial charge in [0.2, 0.25) is 0 Å². The molecule has 2 aliphatic heterocycles. The highest BCUT2D eigenvalue weighted by Gasteiger charge is 2.50.